The second kappa shape index (κ2) is 11.3. The molecule has 0 bridgehead atoms. The van der Waals surface area contributed by atoms with Crippen LogP contribution in [0.4, 0.5) is 11.4 Å². The number of carbonyl (C=O) groups is 2. The molecule has 0 aromatic heterocycles. The Hall–Kier alpha value is -3.24. The average Bonchev–Trinajstić information content (AvgIpc) is 2.83. The Morgan fingerprint density at radius 2 is 1.59 bits per heavy atom. The fraction of sp³-hybridized carbons (Fsp3) is 0.348. The average molecular weight is 507 g/mol. The fourth-order valence-corrected chi connectivity index (χ4v) is 4.16. The van der Waals surface area contributed by atoms with Gasteiger partial charge in [-0.15, -0.1) is 0 Å². The number of anilines is 2. The van der Waals surface area contributed by atoms with Crippen molar-refractivity contribution in [2.75, 3.05) is 57.7 Å². The molecule has 2 aromatic rings. The highest BCUT2D eigenvalue weighted by Crippen LogP contribution is 2.38. The molecule has 1 aliphatic rings. The number of hydrogen-bond acceptors (Lipinski definition) is 7. The van der Waals surface area contributed by atoms with Gasteiger partial charge in [-0.05, 0) is 42.5 Å². The third-order valence-corrected chi connectivity index (χ3v) is 5.93. The Morgan fingerprint density at radius 1 is 0.971 bits per heavy atom. The third-order valence-electron chi connectivity index (χ3n) is 5.43. The van der Waals surface area contributed by atoms with Gasteiger partial charge in [0.05, 0.1) is 32.0 Å². The summed E-state index contributed by atoms with van der Waals surface area (Å²) in [6, 6.07) is 8.54. The molecule has 2 N–H and O–H groups in total. The van der Waals surface area contributed by atoms with Gasteiger partial charge >= 0.3 is 0 Å². The molecule has 2 amide bonds. The Kier molecular flexibility index (Phi) is 8.41. The first-order valence-electron chi connectivity index (χ1n) is 10.5. The SMILES string of the molecule is COc1cc(C(=O)NC(=S)Nc2ccc(N3CCN(C(C)=O)CC3)c(Cl)c2)cc(OC)c1OC. The van der Waals surface area contributed by atoms with E-state index in [1.807, 2.05) is 17.0 Å². The summed E-state index contributed by atoms with van der Waals surface area (Å²) in [6.07, 6.45) is 0. The van der Waals surface area contributed by atoms with Crippen LogP contribution >= 0.6 is 23.8 Å². The number of benzene rings is 2. The van der Waals surface area contributed by atoms with Crippen molar-refractivity contribution in [2.45, 2.75) is 6.92 Å². The molecule has 0 atom stereocenters. The molecular formula is C23H27ClN4O5S. The maximum absolute atomic E-state index is 12.7. The van der Waals surface area contributed by atoms with E-state index in [2.05, 4.69) is 15.5 Å². The van der Waals surface area contributed by atoms with Crippen LogP contribution in [0.15, 0.2) is 30.3 Å². The number of piperazine rings is 1. The van der Waals surface area contributed by atoms with Crippen LogP contribution < -0.4 is 29.7 Å². The summed E-state index contributed by atoms with van der Waals surface area (Å²) in [5.74, 6) is 0.740. The number of methoxy groups -OCH3 is 3. The van der Waals surface area contributed by atoms with Crippen molar-refractivity contribution in [3.05, 3.63) is 40.9 Å². The first kappa shape index (κ1) is 25.4. The van der Waals surface area contributed by atoms with Crippen LogP contribution in [0.3, 0.4) is 0 Å². The van der Waals surface area contributed by atoms with Gasteiger partial charge in [-0.25, -0.2) is 0 Å². The van der Waals surface area contributed by atoms with Crippen LogP contribution in [-0.2, 0) is 4.79 Å². The molecule has 0 saturated carbocycles. The molecule has 1 saturated heterocycles. The summed E-state index contributed by atoms with van der Waals surface area (Å²) in [5, 5.41) is 6.26. The quantitative estimate of drug-likeness (QED) is 0.577. The standard InChI is InChI=1S/C23H27ClN4O5S/c1-14(29)27-7-9-28(10-8-27)18-6-5-16(13-17(18)24)25-23(34)26-22(30)15-11-19(31-2)21(33-4)20(12-15)32-3/h5-6,11-13H,7-10H2,1-4H3,(H2,25,26,30,34). The van der Waals surface area contributed by atoms with Crippen molar-refractivity contribution in [1.29, 1.82) is 0 Å². The molecule has 3 rings (SSSR count). The largest absolute Gasteiger partial charge is 0.493 e. The number of ether oxygens (including phenoxy) is 3. The zero-order valence-corrected chi connectivity index (χ0v) is 21.0. The van der Waals surface area contributed by atoms with Gasteiger partial charge in [0.1, 0.15) is 0 Å². The highest BCUT2D eigenvalue weighted by atomic mass is 35.5. The fourth-order valence-electron chi connectivity index (χ4n) is 3.65. The smallest absolute Gasteiger partial charge is 0.257 e. The number of nitrogens with zero attached hydrogens (tertiary/aromatic N) is 2. The highest BCUT2D eigenvalue weighted by molar-refractivity contribution is 7.80. The van der Waals surface area contributed by atoms with Crippen molar-refractivity contribution in [2.24, 2.45) is 0 Å². The summed E-state index contributed by atoms with van der Waals surface area (Å²) in [7, 11) is 4.44. The van der Waals surface area contributed by atoms with E-state index in [9.17, 15) is 9.59 Å². The Morgan fingerprint density at radius 3 is 2.09 bits per heavy atom. The zero-order valence-electron chi connectivity index (χ0n) is 19.4. The van der Waals surface area contributed by atoms with E-state index in [1.54, 1.807) is 13.0 Å². The van der Waals surface area contributed by atoms with Crippen LogP contribution in [0.2, 0.25) is 5.02 Å². The minimum atomic E-state index is -0.442. The van der Waals surface area contributed by atoms with Crippen molar-refractivity contribution >= 4 is 52.1 Å². The van der Waals surface area contributed by atoms with Crippen molar-refractivity contribution < 1.29 is 23.8 Å². The van der Waals surface area contributed by atoms with Crippen LogP contribution in [0.5, 0.6) is 17.2 Å². The summed E-state index contributed by atoms with van der Waals surface area (Å²) in [5.41, 5.74) is 1.80. The molecule has 0 unspecified atom stereocenters. The first-order valence-corrected chi connectivity index (χ1v) is 11.3. The van der Waals surface area contributed by atoms with E-state index in [-0.39, 0.29) is 16.6 Å². The van der Waals surface area contributed by atoms with E-state index >= 15 is 0 Å². The van der Waals surface area contributed by atoms with E-state index < -0.39 is 5.91 Å². The van der Waals surface area contributed by atoms with Gasteiger partial charge in [-0.3, -0.25) is 14.9 Å². The summed E-state index contributed by atoms with van der Waals surface area (Å²) < 4.78 is 15.9. The Balaban J connectivity index is 1.64. The molecule has 182 valence electrons. The molecule has 1 aliphatic heterocycles. The number of amides is 2. The maximum atomic E-state index is 12.7. The van der Waals surface area contributed by atoms with E-state index in [0.717, 1.165) is 5.69 Å². The highest BCUT2D eigenvalue weighted by Gasteiger charge is 2.21. The Labute approximate surface area is 208 Å². The van der Waals surface area contributed by atoms with Crippen LogP contribution in [0.25, 0.3) is 0 Å². The topological polar surface area (TPSA) is 92.4 Å². The number of hydrogen-bond donors (Lipinski definition) is 2. The number of thiocarbonyl (C=S) groups is 1. The van der Waals surface area contributed by atoms with Gasteiger partial charge in [0.15, 0.2) is 16.6 Å². The zero-order chi connectivity index (χ0) is 24.8. The minimum Gasteiger partial charge on any atom is -0.493 e. The number of carbonyl (C=O) groups excluding carboxylic acids is 2. The van der Waals surface area contributed by atoms with Crippen molar-refractivity contribution in [1.82, 2.24) is 10.2 Å². The summed E-state index contributed by atoms with van der Waals surface area (Å²) >= 11 is 11.8. The lowest BCUT2D eigenvalue weighted by molar-refractivity contribution is -0.129. The molecule has 1 heterocycles. The second-order valence-electron chi connectivity index (χ2n) is 7.48. The number of nitrogens with one attached hydrogen (secondary N) is 2. The van der Waals surface area contributed by atoms with Gasteiger partial charge in [0.25, 0.3) is 5.91 Å². The molecule has 0 spiro atoms. The number of halogens is 1. The molecule has 1 fully saturated rings. The van der Waals surface area contributed by atoms with Crippen molar-refractivity contribution in [3.8, 4) is 17.2 Å². The summed E-state index contributed by atoms with van der Waals surface area (Å²) in [4.78, 5) is 28.2. The third kappa shape index (κ3) is 5.81. The van der Waals surface area contributed by atoms with Gasteiger partial charge in [-0.2, -0.15) is 0 Å². The van der Waals surface area contributed by atoms with Gasteiger partial charge in [0.2, 0.25) is 11.7 Å². The number of rotatable bonds is 6. The predicted octanol–water partition coefficient (Wildman–Crippen LogP) is 3.16. The molecule has 9 nitrogen and oxygen atoms in total. The van der Waals surface area contributed by atoms with Crippen LogP contribution in [0, 0.1) is 0 Å². The lowest BCUT2D eigenvalue weighted by atomic mass is 10.1. The molecule has 0 radical (unpaired) electrons. The summed E-state index contributed by atoms with van der Waals surface area (Å²) in [6.45, 7) is 4.29. The van der Waals surface area contributed by atoms with Gasteiger partial charge in [0, 0.05) is 44.4 Å². The van der Waals surface area contributed by atoms with E-state index in [0.29, 0.717) is 54.1 Å². The van der Waals surface area contributed by atoms with E-state index in [1.165, 1.54) is 33.5 Å². The lowest BCUT2D eigenvalue weighted by Crippen LogP contribution is -2.48. The minimum absolute atomic E-state index is 0.0763. The molecule has 34 heavy (non-hydrogen) atoms. The second-order valence-corrected chi connectivity index (χ2v) is 8.30. The normalized spacial score (nSPS) is 13.2. The predicted molar refractivity (Wildman–Crippen MR) is 136 cm³/mol. The molecular weight excluding hydrogens is 480 g/mol. The molecule has 2 aromatic carbocycles. The van der Waals surface area contributed by atoms with Crippen molar-refractivity contribution in [3.63, 3.8) is 0 Å². The lowest BCUT2D eigenvalue weighted by Gasteiger charge is -2.36. The van der Waals surface area contributed by atoms with Gasteiger partial charge < -0.3 is 29.3 Å². The monoisotopic (exact) mass is 506 g/mol. The van der Waals surface area contributed by atoms with E-state index in [4.69, 9.17) is 38.0 Å². The maximum Gasteiger partial charge on any atom is 0.257 e. The molecule has 11 heteroatoms. The van der Waals surface area contributed by atoms with Crippen LogP contribution in [-0.4, -0.2) is 69.3 Å². The van der Waals surface area contributed by atoms with Crippen LogP contribution in [0.1, 0.15) is 17.3 Å². The Bertz CT molecular complexity index is 1060. The first-order chi connectivity index (χ1) is 16.3. The molecule has 0 aliphatic carbocycles. The van der Waals surface area contributed by atoms with Gasteiger partial charge in [-0.1, -0.05) is 11.6 Å².